The largest absolute Gasteiger partial charge is 0.508 e. The highest BCUT2D eigenvalue weighted by Gasteiger charge is 2.20. The van der Waals surface area contributed by atoms with E-state index >= 15 is 0 Å². The SMILES string of the molecule is CCCCCCCCCCOc1ccc(C(=O)O/N=C2\CCCc3c2ccc(O)c3C)cc1. The third kappa shape index (κ3) is 7.34. The highest BCUT2D eigenvalue weighted by Crippen LogP contribution is 2.30. The summed E-state index contributed by atoms with van der Waals surface area (Å²) in [5.74, 6) is 0.564. The van der Waals surface area contributed by atoms with Crippen molar-refractivity contribution < 1.29 is 19.5 Å². The van der Waals surface area contributed by atoms with Gasteiger partial charge in [-0.05, 0) is 80.1 Å². The monoisotopic (exact) mass is 451 g/mol. The molecule has 0 heterocycles. The van der Waals surface area contributed by atoms with Crippen molar-refractivity contribution in [1.29, 1.82) is 0 Å². The van der Waals surface area contributed by atoms with E-state index in [9.17, 15) is 9.90 Å². The van der Waals surface area contributed by atoms with Gasteiger partial charge in [0.1, 0.15) is 11.5 Å². The molecule has 1 aliphatic rings. The molecule has 0 aliphatic heterocycles. The van der Waals surface area contributed by atoms with Gasteiger partial charge in [-0.3, -0.25) is 0 Å². The Morgan fingerprint density at radius 3 is 2.36 bits per heavy atom. The van der Waals surface area contributed by atoms with Gasteiger partial charge in [-0.25, -0.2) is 4.79 Å². The summed E-state index contributed by atoms with van der Waals surface area (Å²) < 4.78 is 5.80. The zero-order chi connectivity index (χ0) is 23.5. The van der Waals surface area contributed by atoms with Gasteiger partial charge in [0.2, 0.25) is 0 Å². The minimum absolute atomic E-state index is 0.289. The minimum atomic E-state index is -0.486. The zero-order valence-corrected chi connectivity index (χ0v) is 20.1. The van der Waals surface area contributed by atoms with Gasteiger partial charge in [-0.2, -0.15) is 0 Å². The van der Waals surface area contributed by atoms with Crippen molar-refractivity contribution in [2.75, 3.05) is 6.61 Å². The number of benzene rings is 2. The van der Waals surface area contributed by atoms with Gasteiger partial charge in [0.15, 0.2) is 0 Å². The summed E-state index contributed by atoms with van der Waals surface area (Å²) in [4.78, 5) is 17.7. The molecule has 0 fully saturated rings. The second-order valence-corrected chi connectivity index (χ2v) is 8.85. The van der Waals surface area contributed by atoms with Crippen LogP contribution in [0.3, 0.4) is 0 Å². The van der Waals surface area contributed by atoms with Crippen LogP contribution in [-0.2, 0) is 11.3 Å². The van der Waals surface area contributed by atoms with Crippen molar-refractivity contribution in [3.63, 3.8) is 0 Å². The lowest BCUT2D eigenvalue weighted by Gasteiger charge is -2.19. The summed E-state index contributed by atoms with van der Waals surface area (Å²) in [7, 11) is 0. The van der Waals surface area contributed by atoms with E-state index in [1.165, 1.54) is 44.9 Å². The molecule has 0 saturated carbocycles. The second-order valence-electron chi connectivity index (χ2n) is 8.85. The van der Waals surface area contributed by atoms with Gasteiger partial charge < -0.3 is 14.7 Å². The molecule has 0 radical (unpaired) electrons. The third-order valence-electron chi connectivity index (χ3n) is 6.32. The Hall–Kier alpha value is -2.82. The van der Waals surface area contributed by atoms with Crippen molar-refractivity contribution in [1.82, 2.24) is 0 Å². The maximum absolute atomic E-state index is 12.4. The summed E-state index contributed by atoms with van der Waals surface area (Å²) in [6.07, 6.45) is 12.7. The number of fused-ring (bicyclic) bond motifs is 1. The number of hydrogen-bond acceptors (Lipinski definition) is 5. The number of phenolic OH excluding ortho intramolecular Hbond substituents is 1. The Morgan fingerprint density at radius 1 is 0.939 bits per heavy atom. The van der Waals surface area contributed by atoms with Gasteiger partial charge in [0, 0.05) is 5.56 Å². The maximum Gasteiger partial charge on any atom is 0.365 e. The molecule has 1 aliphatic carbocycles. The summed E-state index contributed by atoms with van der Waals surface area (Å²) in [5, 5.41) is 14.1. The number of carbonyl (C=O) groups is 1. The van der Waals surface area contributed by atoms with Crippen LogP contribution in [-0.4, -0.2) is 23.4 Å². The predicted molar refractivity (Wildman–Crippen MR) is 132 cm³/mol. The van der Waals surface area contributed by atoms with E-state index in [1.54, 1.807) is 30.3 Å². The number of hydrogen-bond donors (Lipinski definition) is 1. The van der Waals surface area contributed by atoms with E-state index < -0.39 is 5.97 Å². The normalized spacial score (nSPS) is 14.2. The Kier molecular flexibility index (Phi) is 9.79. The Labute approximate surface area is 197 Å². The van der Waals surface area contributed by atoms with Crippen LogP contribution < -0.4 is 4.74 Å². The molecule has 0 aromatic heterocycles. The first kappa shape index (κ1) is 24.8. The molecule has 3 rings (SSSR count). The second kappa shape index (κ2) is 13.0. The summed E-state index contributed by atoms with van der Waals surface area (Å²) >= 11 is 0. The van der Waals surface area contributed by atoms with Crippen molar-refractivity contribution in [2.24, 2.45) is 5.16 Å². The first-order valence-electron chi connectivity index (χ1n) is 12.4. The van der Waals surface area contributed by atoms with E-state index in [0.717, 1.165) is 53.8 Å². The van der Waals surface area contributed by atoms with E-state index in [2.05, 4.69) is 12.1 Å². The predicted octanol–water partition coefficient (Wildman–Crippen LogP) is 7.12. The van der Waals surface area contributed by atoms with Crippen molar-refractivity contribution in [2.45, 2.75) is 84.5 Å². The van der Waals surface area contributed by atoms with Crippen LogP contribution >= 0.6 is 0 Å². The van der Waals surface area contributed by atoms with E-state index in [1.807, 2.05) is 13.0 Å². The fourth-order valence-electron chi connectivity index (χ4n) is 4.26. The Morgan fingerprint density at radius 2 is 1.64 bits per heavy atom. The minimum Gasteiger partial charge on any atom is -0.508 e. The van der Waals surface area contributed by atoms with Crippen LogP contribution in [0.4, 0.5) is 0 Å². The maximum atomic E-state index is 12.4. The lowest BCUT2D eigenvalue weighted by molar-refractivity contribution is 0.0515. The first-order valence-corrected chi connectivity index (χ1v) is 12.4. The van der Waals surface area contributed by atoms with Crippen LogP contribution in [0.25, 0.3) is 0 Å². The Bertz CT molecular complexity index is 934. The third-order valence-corrected chi connectivity index (χ3v) is 6.32. The van der Waals surface area contributed by atoms with Gasteiger partial charge in [-0.15, -0.1) is 0 Å². The molecule has 5 heteroatoms. The molecule has 2 aromatic rings. The van der Waals surface area contributed by atoms with Crippen LogP contribution in [0, 0.1) is 6.92 Å². The molecule has 0 unspecified atom stereocenters. The summed E-state index contributed by atoms with van der Waals surface area (Å²) in [5.41, 5.74) is 4.09. The van der Waals surface area contributed by atoms with Crippen molar-refractivity contribution in [3.8, 4) is 11.5 Å². The molecular formula is C28H37NO4. The average Bonchev–Trinajstić information content (AvgIpc) is 2.84. The number of phenols is 1. The number of nitrogens with zero attached hydrogens (tertiary/aromatic N) is 1. The fourth-order valence-corrected chi connectivity index (χ4v) is 4.26. The Balaban J connectivity index is 1.43. The molecular weight excluding hydrogens is 414 g/mol. The topological polar surface area (TPSA) is 68.1 Å². The van der Waals surface area contributed by atoms with Crippen molar-refractivity contribution >= 4 is 11.7 Å². The lowest BCUT2D eigenvalue weighted by Crippen LogP contribution is -2.14. The molecule has 1 N–H and O–H groups in total. The molecule has 0 saturated heterocycles. The molecule has 2 aromatic carbocycles. The van der Waals surface area contributed by atoms with Crippen LogP contribution in [0.2, 0.25) is 0 Å². The van der Waals surface area contributed by atoms with Crippen LogP contribution in [0.5, 0.6) is 11.5 Å². The molecule has 0 bridgehead atoms. The highest BCUT2D eigenvalue weighted by molar-refractivity contribution is 6.03. The molecule has 178 valence electrons. The smallest absolute Gasteiger partial charge is 0.365 e. The van der Waals surface area contributed by atoms with Crippen LogP contribution in [0.15, 0.2) is 41.6 Å². The first-order chi connectivity index (χ1) is 16.1. The number of carbonyl (C=O) groups excluding carboxylic acids is 1. The van der Waals surface area contributed by atoms with E-state index in [-0.39, 0.29) is 5.75 Å². The van der Waals surface area contributed by atoms with Gasteiger partial charge in [0.05, 0.1) is 17.9 Å². The van der Waals surface area contributed by atoms with Gasteiger partial charge >= 0.3 is 5.97 Å². The number of aromatic hydroxyl groups is 1. The number of ether oxygens (including phenoxy) is 1. The summed E-state index contributed by atoms with van der Waals surface area (Å²) in [6.45, 7) is 4.84. The highest BCUT2D eigenvalue weighted by atomic mass is 16.7. The standard InChI is InChI=1S/C28H37NO4/c1-3-4-5-6-7-8-9-10-20-32-23-16-14-22(15-17-23)28(31)33-29-26-13-11-12-24-21(2)27(30)19-18-25(24)26/h14-19,30H,3-13,20H2,1-2H3/b29-26+. The lowest BCUT2D eigenvalue weighted by atomic mass is 9.87. The zero-order valence-electron chi connectivity index (χ0n) is 20.1. The van der Waals surface area contributed by atoms with E-state index in [4.69, 9.17) is 9.57 Å². The average molecular weight is 452 g/mol. The fraction of sp³-hybridized carbons (Fsp3) is 0.500. The molecule has 5 nitrogen and oxygen atoms in total. The number of unbranched alkanes of at least 4 members (excludes halogenated alkanes) is 7. The van der Waals surface area contributed by atoms with Gasteiger partial charge in [0.25, 0.3) is 0 Å². The van der Waals surface area contributed by atoms with Crippen molar-refractivity contribution in [3.05, 3.63) is 58.7 Å². The van der Waals surface area contributed by atoms with E-state index in [0.29, 0.717) is 12.2 Å². The molecule has 0 amide bonds. The number of oxime groups is 1. The number of rotatable bonds is 12. The summed E-state index contributed by atoms with van der Waals surface area (Å²) in [6, 6.07) is 10.5. The molecule has 0 spiro atoms. The molecule has 33 heavy (non-hydrogen) atoms. The quantitative estimate of drug-likeness (QED) is 0.212. The molecule has 0 atom stereocenters. The van der Waals surface area contributed by atoms with Gasteiger partial charge in [-0.1, -0.05) is 57.0 Å². The van der Waals surface area contributed by atoms with Crippen LogP contribution in [0.1, 0.15) is 98.2 Å².